The third-order valence-electron chi connectivity index (χ3n) is 2.72. The van der Waals surface area contributed by atoms with Crippen molar-refractivity contribution < 1.29 is 4.39 Å². The van der Waals surface area contributed by atoms with E-state index in [1.54, 1.807) is 6.07 Å². The number of nitrogens with one attached hydrogen (secondary N) is 1. The van der Waals surface area contributed by atoms with E-state index in [0.29, 0.717) is 0 Å². The molecule has 0 aliphatic heterocycles. The second kappa shape index (κ2) is 5.13. The topological polar surface area (TPSA) is 24.9 Å². The minimum Gasteiger partial charge on any atom is -0.370 e. The van der Waals surface area contributed by atoms with Crippen LogP contribution in [0.2, 0.25) is 0 Å². The fourth-order valence-corrected chi connectivity index (χ4v) is 1.97. The quantitative estimate of drug-likeness (QED) is 0.868. The predicted molar refractivity (Wildman–Crippen MR) is 69.9 cm³/mol. The highest BCUT2D eigenvalue weighted by atomic mass is 19.1. The molecule has 17 heavy (non-hydrogen) atoms. The van der Waals surface area contributed by atoms with Crippen molar-refractivity contribution in [2.75, 3.05) is 11.9 Å². The zero-order chi connectivity index (χ0) is 12.3. The van der Waals surface area contributed by atoms with Crippen molar-refractivity contribution >= 4 is 16.7 Å². The first-order valence-electron chi connectivity index (χ1n) is 6.07. The Bertz CT molecular complexity index is 523. The van der Waals surface area contributed by atoms with Crippen LogP contribution in [0.5, 0.6) is 0 Å². The third kappa shape index (κ3) is 2.54. The molecule has 0 fully saturated rings. The van der Waals surface area contributed by atoms with Crippen LogP contribution in [0.3, 0.4) is 0 Å². The van der Waals surface area contributed by atoms with Crippen molar-refractivity contribution in [3.8, 4) is 0 Å². The standard InChI is InChI=1S/C14H17FN2/c1-3-5-10-8-11-9-12(15)6-7-13(11)17-14(10)16-4-2/h6-9H,3-5H2,1-2H3,(H,16,17). The molecule has 2 aromatic rings. The summed E-state index contributed by atoms with van der Waals surface area (Å²) in [7, 11) is 0. The summed E-state index contributed by atoms with van der Waals surface area (Å²) in [6.45, 7) is 5.02. The Hall–Kier alpha value is -1.64. The van der Waals surface area contributed by atoms with E-state index >= 15 is 0 Å². The molecule has 0 aliphatic carbocycles. The molecule has 2 rings (SSSR count). The molecule has 3 heteroatoms. The summed E-state index contributed by atoms with van der Waals surface area (Å²) in [5, 5.41) is 4.13. The lowest BCUT2D eigenvalue weighted by Gasteiger charge is -2.10. The smallest absolute Gasteiger partial charge is 0.129 e. The molecular weight excluding hydrogens is 215 g/mol. The summed E-state index contributed by atoms with van der Waals surface area (Å²) in [6, 6.07) is 6.75. The van der Waals surface area contributed by atoms with Crippen molar-refractivity contribution in [1.29, 1.82) is 0 Å². The van der Waals surface area contributed by atoms with Crippen molar-refractivity contribution in [1.82, 2.24) is 4.98 Å². The third-order valence-corrected chi connectivity index (χ3v) is 2.72. The van der Waals surface area contributed by atoms with Crippen LogP contribution in [0.4, 0.5) is 10.2 Å². The largest absolute Gasteiger partial charge is 0.370 e. The summed E-state index contributed by atoms with van der Waals surface area (Å²) in [5.41, 5.74) is 2.00. The Balaban J connectivity index is 2.55. The molecule has 0 spiro atoms. The minimum absolute atomic E-state index is 0.210. The van der Waals surface area contributed by atoms with E-state index in [9.17, 15) is 4.39 Å². The van der Waals surface area contributed by atoms with Gasteiger partial charge in [0.2, 0.25) is 0 Å². The number of pyridine rings is 1. The molecule has 0 bridgehead atoms. The lowest BCUT2D eigenvalue weighted by atomic mass is 10.1. The van der Waals surface area contributed by atoms with E-state index in [2.05, 4.69) is 17.2 Å². The van der Waals surface area contributed by atoms with Gasteiger partial charge in [-0.15, -0.1) is 0 Å². The Morgan fingerprint density at radius 3 is 2.76 bits per heavy atom. The van der Waals surface area contributed by atoms with Gasteiger partial charge in [-0.05, 0) is 43.2 Å². The van der Waals surface area contributed by atoms with Gasteiger partial charge < -0.3 is 5.32 Å². The average Bonchev–Trinajstić information content (AvgIpc) is 2.31. The Morgan fingerprint density at radius 2 is 2.06 bits per heavy atom. The fourth-order valence-electron chi connectivity index (χ4n) is 1.97. The molecule has 0 saturated heterocycles. The first kappa shape index (κ1) is 11.8. The first-order chi connectivity index (χ1) is 8.24. The molecule has 2 nitrogen and oxygen atoms in total. The van der Waals surface area contributed by atoms with Gasteiger partial charge in [0, 0.05) is 11.9 Å². The molecule has 0 aliphatic rings. The second-order valence-electron chi connectivity index (χ2n) is 4.11. The molecule has 1 N–H and O–H groups in total. The molecule has 0 saturated carbocycles. The number of aromatic nitrogens is 1. The van der Waals surface area contributed by atoms with Crippen molar-refractivity contribution in [2.24, 2.45) is 0 Å². The van der Waals surface area contributed by atoms with Crippen LogP contribution in [0, 0.1) is 5.82 Å². The van der Waals surface area contributed by atoms with Crippen LogP contribution in [-0.4, -0.2) is 11.5 Å². The number of benzene rings is 1. The van der Waals surface area contributed by atoms with E-state index in [1.165, 1.54) is 12.1 Å². The van der Waals surface area contributed by atoms with Gasteiger partial charge in [0.15, 0.2) is 0 Å². The van der Waals surface area contributed by atoms with Crippen LogP contribution in [0.25, 0.3) is 10.9 Å². The zero-order valence-corrected chi connectivity index (χ0v) is 10.3. The fraction of sp³-hybridized carbons (Fsp3) is 0.357. The summed E-state index contributed by atoms with van der Waals surface area (Å²) in [5.74, 6) is 0.714. The normalized spacial score (nSPS) is 10.8. The summed E-state index contributed by atoms with van der Waals surface area (Å²) >= 11 is 0. The monoisotopic (exact) mass is 232 g/mol. The maximum atomic E-state index is 13.2. The van der Waals surface area contributed by atoms with Gasteiger partial charge in [-0.3, -0.25) is 0 Å². The van der Waals surface area contributed by atoms with Gasteiger partial charge >= 0.3 is 0 Å². The molecular formula is C14H17FN2. The Labute approximate surface area is 101 Å². The maximum absolute atomic E-state index is 13.2. The van der Waals surface area contributed by atoms with Gasteiger partial charge in [0.1, 0.15) is 11.6 Å². The number of anilines is 1. The summed E-state index contributed by atoms with van der Waals surface area (Å²) in [4.78, 5) is 4.55. The SMILES string of the molecule is CCCc1cc2cc(F)ccc2nc1NCC. The predicted octanol–water partition coefficient (Wildman–Crippen LogP) is 3.76. The maximum Gasteiger partial charge on any atom is 0.129 e. The molecule has 1 aromatic heterocycles. The van der Waals surface area contributed by atoms with E-state index in [1.807, 2.05) is 13.0 Å². The van der Waals surface area contributed by atoms with Gasteiger partial charge in [0.25, 0.3) is 0 Å². The Morgan fingerprint density at radius 1 is 1.24 bits per heavy atom. The molecule has 1 aromatic carbocycles. The highest BCUT2D eigenvalue weighted by Gasteiger charge is 2.06. The minimum atomic E-state index is -0.210. The second-order valence-corrected chi connectivity index (χ2v) is 4.11. The number of nitrogens with zero attached hydrogens (tertiary/aromatic N) is 1. The van der Waals surface area contributed by atoms with E-state index in [4.69, 9.17) is 0 Å². The van der Waals surface area contributed by atoms with Crippen LogP contribution in [-0.2, 0) is 6.42 Å². The number of rotatable bonds is 4. The van der Waals surface area contributed by atoms with E-state index < -0.39 is 0 Å². The van der Waals surface area contributed by atoms with Crippen LogP contribution < -0.4 is 5.32 Å². The van der Waals surface area contributed by atoms with Crippen molar-refractivity contribution in [2.45, 2.75) is 26.7 Å². The number of hydrogen-bond donors (Lipinski definition) is 1. The van der Waals surface area contributed by atoms with Gasteiger partial charge in [0.05, 0.1) is 5.52 Å². The lowest BCUT2D eigenvalue weighted by molar-refractivity contribution is 0.629. The van der Waals surface area contributed by atoms with E-state index in [-0.39, 0.29) is 5.82 Å². The number of aryl methyl sites for hydroxylation is 1. The van der Waals surface area contributed by atoms with Crippen LogP contribution in [0.1, 0.15) is 25.8 Å². The molecule has 0 atom stereocenters. The van der Waals surface area contributed by atoms with E-state index in [0.717, 1.165) is 41.7 Å². The number of hydrogen-bond acceptors (Lipinski definition) is 2. The highest BCUT2D eigenvalue weighted by Crippen LogP contribution is 2.22. The number of fused-ring (bicyclic) bond motifs is 1. The van der Waals surface area contributed by atoms with Gasteiger partial charge in [-0.25, -0.2) is 9.37 Å². The summed E-state index contributed by atoms with van der Waals surface area (Å²) in [6.07, 6.45) is 2.02. The molecule has 0 radical (unpaired) electrons. The Kier molecular flexibility index (Phi) is 3.57. The van der Waals surface area contributed by atoms with Crippen molar-refractivity contribution in [3.63, 3.8) is 0 Å². The van der Waals surface area contributed by atoms with Crippen molar-refractivity contribution in [3.05, 3.63) is 35.6 Å². The highest BCUT2D eigenvalue weighted by molar-refractivity contribution is 5.81. The van der Waals surface area contributed by atoms with Gasteiger partial charge in [-0.2, -0.15) is 0 Å². The van der Waals surface area contributed by atoms with Crippen LogP contribution in [0.15, 0.2) is 24.3 Å². The van der Waals surface area contributed by atoms with Gasteiger partial charge in [-0.1, -0.05) is 13.3 Å². The average molecular weight is 232 g/mol. The van der Waals surface area contributed by atoms with Crippen LogP contribution >= 0.6 is 0 Å². The zero-order valence-electron chi connectivity index (χ0n) is 10.3. The summed E-state index contributed by atoms with van der Waals surface area (Å²) < 4.78 is 13.2. The molecule has 0 unspecified atom stereocenters. The molecule has 0 amide bonds. The number of halogens is 1. The molecule has 90 valence electrons. The first-order valence-corrected chi connectivity index (χ1v) is 6.07. The molecule has 1 heterocycles. The lowest BCUT2D eigenvalue weighted by Crippen LogP contribution is -2.03.